The standard InChI is InChI=1S/C21H23FN2O3/c1-3-14-24(21(26)13-10-16-8-11-17(22)12-9-16)15-20(25)23-18-6-4-5-7-19(18)27-2/h4-13H,3,14-15H2,1-2H3,(H,23,25). The molecule has 5 nitrogen and oxygen atoms in total. The first-order valence-corrected chi connectivity index (χ1v) is 8.69. The van der Waals surface area contributed by atoms with Crippen molar-refractivity contribution in [3.05, 3.63) is 66.0 Å². The van der Waals surface area contributed by atoms with Gasteiger partial charge in [-0.2, -0.15) is 0 Å². The van der Waals surface area contributed by atoms with E-state index in [-0.39, 0.29) is 24.2 Å². The van der Waals surface area contributed by atoms with E-state index in [0.29, 0.717) is 23.5 Å². The van der Waals surface area contributed by atoms with Crippen molar-refractivity contribution in [2.75, 3.05) is 25.5 Å². The molecule has 6 heteroatoms. The zero-order valence-electron chi connectivity index (χ0n) is 15.4. The van der Waals surface area contributed by atoms with Crippen molar-refractivity contribution in [1.82, 2.24) is 4.90 Å². The van der Waals surface area contributed by atoms with Crippen molar-refractivity contribution in [1.29, 1.82) is 0 Å². The van der Waals surface area contributed by atoms with E-state index in [4.69, 9.17) is 4.74 Å². The summed E-state index contributed by atoms with van der Waals surface area (Å²) in [7, 11) is 1.53. The fourth-order valence-electron chi connectivity index (χ4n) is 2.49. The van der Waals surface area contributed by atoms with Crippen LogP contribution in [0.15, 0.2) is 54.6 Å². The molecule has 0 aliphatic rings. The number of anilines is 1. The van der Waals surface area contributed by atoms with Crippen molar-refractivity contribution < 1.29 is 18.7 Å². The molecule has 2 rings (SSSR count). The predicted octanol–water partition coefficient (Wildman–Crippen LogP) is 3.72. The molecule has 0 bridgehead atoms. The molecule has 0 saturated heterocycles. The van der Waals surface area contributed by atoms with E-state index >= 15 is 0 Å². The fourth-order valence-corrected chi connectivity index (χ4v) is 2.49. The second-order valence-electron chi connectivity index (χ2n) is 5.89. The Labute approximate surface area is 158 Å². The minimum Gasteiger partial charge on any atom is -0.495 e. The molecule has 27 heavy (non-hydrogen) atoms. The summed E-state index contributed by atoms with van der Waals surface area (Å²) in [4.78, 5) is 26.3. The zero-order valence-corrected chi connectivity index (χ0v) is 15.4. The Kier molecular flexibility index (Phi) is 7.55. The van der Waals surface area contributed by atoms with Crippen LogP contribution in [0.2, 0.25) is 0 Å². The molecule has 0 spiro atoms. The molecule has 2 aromatic rings. The molecule has 0 fully saturated rings. The lowest BCUT2D eigenvalue weighted by Crippen LogP contribution is -2.37. The number of methoxy groups -OCH3 is 1. The first kappa shape index (κ1) is 20.2. The van der Waals surface area contributed by atoms with Gasteiger partial charge in [0.25, 0.3) is 0 Å². The third kappa shape index (κ3) is 6.26. The highest BCUT2D eigenvalue weighted by Gasteiger charge is 2.15. The summed E-state index contributed by atoms with van der Waals surface area (Å²) in [6.45, 7) is 2.31. The van der Waals surface area contributed by atoms with Gasteiger partial charge in [0.2, 0.25) is 11.8 Å². The number of hydrogen-bond donors (Lipinski definition) is 1. The van der Waals surface area contributed by atoms with Gasteiger partial charge in [-0.1, -0.05) is 31.2 Å². The Morgan fingerprint density at radius 1 is 1.15 bits per heavy atom. The number of para-hydroxylation sites is 2. The Morgan fingerprint density at radius 2 is 1.85 bits per heavy atom. The molecule has 2 amide bonds. The van der Waals surface area contributed by atoms with Gasteiger partial charge in [-0.05, 0) is 42.3 Å². The first-order chi connectivity index (χ1) is 13.0. The average Bonchev–Trinajstić information content (AvgIpc) is 2.67. The van der Waals surface area contributed by atoms with E-state index in [9.17, 15) is 14.0 Å². The lowest BCUT2D eigenvalue weighted by Gasteiger charge is -2.20. The Morgan fingerprint density at radius 3 is 2.52 bits per heavy atom. The van der Waals surface area contributed by atoms with Gasteiger partial charge in [0.05, 0.1) is 12.8 Å². The summed E-state index contributed by atoms with van der Waals surface area (Å²) in [5, 5.41) is 2.76. The number of benzene rings is 2. The second-order valence-corrected chi connectivity index (χ2v) is 5.89. The van der Waals surface area contributed by atoms with Crippen molar-refractivity contribution in [3.8, 4) is 5.75 Å². The number of rotatable bonds is 8. The first-order valence-electron chi connectivity index (χ1n) is 8.69. The molecule has 0 radical (unpaired) electrons. The highest BCUT2D eigenvalue weighted by Crippen LogP contribution is 2.22. The number of nitrogens with zero attached hydrogens (tertiary/aromatic N) is 1. The summed E-state index contributed by atoms with van der Waals surface area (Å²) in [6, 6.07) is 12.9. The van der Waals surface area contributed by atoms with Gasteiger partial charge in [-0.3, -0.25) is 9.59 Å². The number of carbonyl (C=O) groups is 2. The van der Waals surface area contributed by atoms with E-state index in [1.165, 1.54) is 30.2 Å². The molecule has 0 aromatic heterocycles. The molecule has 2 aromatic carbocycles. The molecule has 0 atom stereocenters. The summed E-state index contributed by atoms with van der Waals surface area (Å²) in [6.07, 6.45) is 3.71. The largest absolute Gasteiger partial charge is 0.495 e. The van der Waals surface area contributed by atoms with Gasteiger partial charge in [-0.15, -0.1) is 0 Å². The molecule has 0 heterocycles. The van der Waals surface area contributed by atoms with Crippen LogP contribution < -0.4 is 10.1 Å². The van der Waals surface area contributed by atoms with Crippen LogP contribution in [0, 0.1) is 5.82 Å². The summed E-state index contributed by atoms with van der Waals surface area (Å²) in [5.41, 5.74) is 1.26. The molecular formula is C21H23FN2O3. The summed E-state index contributed by atoms with van der Waals surface area (Å²) in [5.74, 6) is -0.373. The molecule has 1 N–H and O–H groups in total. The van der Waals surface area contributed by atoms with Gasteiger partial charge >= 0.3 is 0 Å². The maximum atomic E-state index is 12.9. The van der Waals surface area contributed by atoms with Crippen LogP contribution in [-0.2, 0) is 9.59 Å². The summed E-state index contributed by atoms with van der Waals surface area (Å²) < 4.78 is 18.1. The van der Waals surface area contributed by atoms with Crippen LogP contribution >= 0.6 is 0 Å². The van der Waals surface area contributed by atoms with E-state index < -0.39 is 0 Å². The number of nitrogens with one attached hydrogen (secondary N) is 1. The molecule has 0 saturated carbocycles. The number of ether oxygens (including phenoxy) is 1. The van der Waals surface area contributed by atoms with Crippen molar-refractivity contribution in [2.24, 2.45) is 0 Å². The van der Waals surface area contributed by atoms with E-state index in [1.807, 2.05) is 13.0 Å². The Bertz CT molecular complexity index is 803. The smallest absolute Gasteiger partial charge is 0.247 e. The number of amides is 2. The van der Waals surface area contributed by atoms with E-state index in [1.54, 1.807) is 36.4 Å². The van der Waals surface area contributed by atoms with Crippen LogP contribution in [0.3, 0.4) is 0 Å². The predicted molar refractivity (Wildman–Crippen MR) is 104 cm³/mol. The lowest BCUT2D eigenvalue weighted by atomic mass is 10.2. The Hall–Kier alpha value is -3.15. The highest BCUT2D eigenvalue weighted by molar-refractivity contribution is 5.98. The minimum atomic E-state index is -0.334. The van der Waals surface area contributed by atoms with Gasteiger partial charge in [0, 0.05) is 12.6 Å². The molecule has 0 unspecified atom stereocenters. The highest BCUT2D eigenvalue weighted by atomic mass is 19.1. The molecule has 0 aliphatic heterocycles. The zero-order chi connectivity index (χ0) is 19.6. The summed E-state index contributed by atoms with van der Waals surface area (Å²) >= 11 is 0. The quantitative estimate of drug-likeness (QED) is 0.721. The van der Waals surface area contributed by atoms with Crippen molar-refractivity contribution in [2.45, 2.75) is 13.3 Å². The topological polar surface area (TPSA) is 58.6 Å². The SMILES string of the molecule is CCCN(CC(=O)Nc1ccccc1OC)C(=O)C=Cc1ccc(F)cc1. The van der Waals surface area contributed by atoms with Crippen LogP contribution in [0.1, 0.15) is 18.9 Å². The fraction of sp³-hybridized carbons (Fsp3) is 0.238. The normalized spacial score (nSPS) is 10.6. The van der Waals surface area contributed by atoms with Gasteiger partial charge < -0.3 is 15.0 Å². The molecule has 0 aliphatic carbocycles. The monoisotopic (exact) mass is 370 g/mol. The second kappa shape index (κ2) is 10.1. The van der Waals surface area contributed by atoms with Crippen LogP contribution in [-0.4, -0.2) is 36.9 Å². The maximum Gasteiger partial charge on any atom is 0.247 e. The third-order valence-corrected chi connectivity index (χ3v) is 3.81. The molecule has 142 valence electrons. The van der Waals surface area contributed by atoms with Gasteiger partial charge in [-0.25, -0.2) is 4.39 Å². The van der Waals surface area contributed by atoms with Gasteiger partial charge in [0.1, 0.15) is 18.1 Å². The van der Waals surface area contributed by atoms with E-state index in [0.717, 1.165) is 6.42 Å². The van der Waals surface area contributed by atoms with Crippen LogP contribution in [0.5, 0.6) is 5.75 Å². The average molecular weight is 370 g/mol. The van der Waals surface area contributed by atoms with Crippen LogP contribution in [0.25, 0.3) is 6.08 Å². The molecular weight excluding hydrogens is 347 g/mol. The maximum absolute atomic E-state index is 12.9. The van der Waals surface area contributed by atoms with Crippen LogP contribution in [0.4, 0.5) is 10.1 Å². The number of hydrogen-bond acceptors (Lipinski definition) is 3. The number of halogens is 1. The minimum absolute atomic E-state index is 0.0710. The number of carbonyl (C=O) groups excluding carboxylic acids is 2. The van der Waals surface area contributed by atoms with E-state index in [2.05, 4.69) is 5.32 Å². The van der Waals surface area contributed by atoms with Crippen molar-refractivity contribution >= 4 is 23.6 Å². The van der Waals surface area contributed by atoms with Crippen molar-refractivity contribution in [3.63, 3.8) is 0 Å². The third-order valence-electron chi connectivity index (χ3n) is 3.81. The lowest BCUT2D eigenvalue weighted by molar-refractivity contribution is -0.130. The van der Waals surface area contributed by atoms with Gasteiger partial charge in [0.15, 0.2) is 0 Å². The Balaban J connectivity index is 2.01.